The molecule has 1 aliphatic heterocycles. The van der Waals surface area contributed by atoms with E-state index >= 15 is 0 Å². The van der Waals surface area contributed by atoms with Crippen LogP contribution in [0.2, 0.25) is 0 Å². The monoisotopic (exact) mass is 344 g/mol. The Morgan fingerprint density at radius 1 is 1.33 bits per heavy atom. The molecule has 1 unspecified atom stereocenters. The van der Waals surface area contributed by atoms with E-state index in [1.165, 1.54) is 22.7 Å². The number of benzene rings is 1. The van der Waals surface area contributed by atoms with Gasteiger partial charge in [-0.3, -0.25) is 4.79 Å². The maximum absolute atomic E-state index is 12.7. The summed E-state index contributed by atoms with van der Waals surface area (Å²) in [6.45, 7) is 5.55. The number of carbonyl (C=O) groups is 1. The topological polar surface area (TPSA) is 42.4 Å². The van der Waals surface area contributed by atoms with Crippen molar-refractivity contribution in [3.63, 3.8) is 0 Å². The Bertz CT molecular complexity index is 728. The quantitative estimate of drug-likeness (QED) is 0.794. The van der Waals surface area contributed by atoms with Gasteiger partial charge in [0.05, 0.1) is 15.8 Å². The van der Waals surface area contributed by atoms with Crippen LogP contribution in [0, 0.1) is 6.92 Å². The van der Waals surface area contributed by atoms with Gasteiger partial charge in [0.25, 0.3) is 0 Å². The first kappa shape index (κ1) is 17.2. The SMILES string of the molecule is Cc1cc(SC(C)C(=O)N(C)C2CCOCC2)nc2ccccc12. The van der Waals surface area contributed by atoms with Gasteiger partial charge in [-0.05, 0) is 44.4 Å². The molecule has 1 aromatic heterocycles. The molecule has 1 amide bonds. The van der Waals surface area contributed by atoms with Crippen LogP contribution in [0.4, 0.5) is 0 Å². The fourth-order valence-corrected chi connectivity index (χ4v) is 4.17. The van der Waals surface area contributed by atoms with Gasteiger partial charge in [0.1, 0.15) is 0 Å². The summed E-state index contributed by atoms with van der Waals surface area (Å²) in [5.41, 5.74) is 2.18. The number of ether oxygens (including phenoxy) is 1. The molecule has 0 spiro atoms. The van der Waals surface area contributed by atoms with Crippen LogP contribution < -0.4 is 0 Å². The summed E-state index contributed by atoms with van der Waals surface area (Å²) < 4.78 is 5.39. The van der Waals surface area contributed by atoms with E-state index < -0.39 is 0 Å². The number of nitrogens with zero attached hydrogens (tertiary/aromatic N) is 2. The number of rotatable bonds is 4. The molecule has 0 aliphatic carbocycles. The lowest BCUT2D eigenvalue weighted by atomic mass is 10.1. The van der Waals surface area contributed by atoms with Gasteiger partial charge in [-0.1, -0.05) is 30.0 Å². The third-order valence-corrected chi connectivity index (χ3v) is 5.64. The van der Waals surface area contributed by atoms with E-state index in [1.807, 2.05) is 37.1 Å². The Kier molecular flexibility index (Phi) is 5.41. The van der Waals surface area contributed by atoms with Gasteiger partial charge in [-0.25, -0.2) is 4.98 Å². The second kappa shape index (κ2) is 7.53. The number of carbonyl (C=O) groups excluding carboxylic acids is 1. The molecule has 1 fully saturated rings. The fourth-order valence-electron chi connectivity index (χ4n) is 3.15. The van der Waals surface area contributed by atoms with Crippen molar-refractivity contribution in [3.05, 3.63) is 35.9 Å². The lowest BCUT2D eigenvalue weighted by Gasteiger charge is -2.32. The van der Waals surface area contributed by atoms with Crippen LogP contribution in [-0.4, -0.2) is 47.3 Å². The average Bonchev–Trinajstić information content (AvgIpc) is 2.61. The molecular formula is C19H24N2O2S. The van der Waals surface area contributed by atoms with E-state index in [1.54, 1.807) is 0 Å². The van der Waals surface area contributed by atoms with Gasteiger partial charge >= 0.3 is 0 Å². The minimum Gasteiger partial charge on any atom is -0.381 e. The van der Waals surface area contributed by atoms with E-state index in [-0.39, 0.29) is 11.2 Å². The van der Waals surface area contributed by atoms with Gasteiger partial charge in [0.2, 0.25) is 5.91 Å². The highest BCUT2D eigenvalue weighted by Gasteiger charge is 2.26. The van der Waals surface area contributed by atoms with Crippen molar-refractivity contribution in [2.24, 2.45) is 0 Å². The molecule has 0 N–H and O–H groups in total. The predicted octanol–water partition coefficient (Wildman–Crippen LogP) is 3.66. The van der Waals surface area contributed by atoms with Gasteiger partial charge in [0.15, 0.2) is 0 Å². The number of aryl methyl sites for hydroxylation is 1. The second-order valence-corrected chi connectivity index (χ2v) is 7.71. The molecule has 2 aromatic rings. The third-order valence-electron chi connectivity index (χ3n) is 4.63. The van der Waals surface area contributed by atoms with E-state index in [4.69, 9.17) is 9.72 Å². The Labute approximate surface area is 147 Å². The summed E-state index contributed by atoms with van der Waals surface area (Å²) >= 11 is 1.54. The molecule has 24 heavy (non-hydrogen) atoms. The first-order valence-corrected chi connectivity index (χ1v) is 9.31. The zero-order valence-corrected chi connectivity index (χ0v) is 15.3. The van der Waals surface area contributed by atoms with Crippen molar-refractivity contribution in [2.75, 3.05) is 20.3 Å². The Balaban J connectivity index is 1.71. The van der Waals surface area contributed by atoms with Crippen molar-refractivity contribution < 1.29 is 9.53 Å². The number of amides is 1. The van der Waals surface area contributed by atoms with Crippen LogP contribution in [0.15, 0.2) is 35.4 Å². The lowest BCUT2D eigenvalue weighted by Crippen LogP contribution is -2.43. The highest BCUT2D eigenvalue weighted by molar-refractivity contribution is 8.00. The van der Waals surface area contributed by atoms with Crippen LogP contribution >= 0.6 is 11.8 Å². The highest BCUT2D eigenvalue weighted by atomic mass is 32.2. The number of fused-ring (bicyclic) bond motifs is 1. The van der Waals surface area contributed by atoms with Gasteiger partial charge in [0, 0.05) is 31.7 Å². The van der Waals surface area contributed by atoms with Crippen molar-refractivity contribution in [3.8, 4) is 0 Å². The fraction of sp³-hybridized carbons (Fsp3) is 0.474. The number of para-hydroxylation sites is 1. The minimum atomic E-state index is -0.147. The van der Waals surface area contributed by atoms with E-state index in [2.05, 4.69) is 19.1 Å². The van der Waals surface area contributed by atoms with Crippen molar-refractivity contribution in [2.45, 2.75) is 43.0 Å². The lowest BCUT2D eigenvalue weighted by molar-refractivity contribution is -0.132. The molecule has 1 saturated heterocycles. The molecular weight excluding hydrogens is 320 g/mol. The van der Waals surface area contributed by atoms with E-state index in [9.17, 15) is 4.79 Å². The Morgan fingerprint density at radius 3 is 2.79 bits per heavy atom. The van der Waals surface area contributed by atoms with Crippen molar-refractivity contribution >= 4 is 28.6 Å². The van der Waals surface area contributed by atoms with Crippen LogP contribution in [-0.2, 0) is 9.53 Å². The molecule has 0 saturated carbocycles. The minimum absolute atomic E-state index is 0.147. The molecule has 0 bridgehead atoms. The van der Waals surface area contributed by atoms with Gasteiger partial charge in [-0.15, -0.1) is 0 Å². The molecule has 0 radical (unpaired) electrons. The summed E-state index contributed by atoms with van der Waals surface area (Å²) in [7, 11) is 1.91. The number of aromatic nitrogens is 1. The Morgan fingerprint density at radius 2 is 2.04 bits per heavy atom. The van der Waals surface area contributed by atoms with Crippen LogP contribution in [0.5, 0.6) is 0 Å². The van der Waals surface area contributed by atoms with E-state index in [0.717, 1.165) is 36.6 Å². The average molecular weight is 344 g/mol. The summed E-state index contributed by atoms with van der Waals surface area (Å²) in [6, 6.07) is 10.5. The number of pyridine rings is 1. The molecule has 4 nitrogen and oxygen atoms in total. The summed E-state index contributed by atoms with van der Waals surface area (Å²) in [6.07, 6.45) is 1.85. The van der Waals surface area contributed by atoms with Crippen LogP contribution in [0.25, 0.3) is 10.9 Å². The number of hydrogen-bond acceptors (Lipinski definition) is 4. The molecule has 3 rings (SSSR count). The standard InChI is InChI=1S/C19H24N2O2S/c1-13-12-18(20-17-7-5-4-6-16(13)17)24-14(2)19(22)21(3)15-8-10-23-11-9-15/h4-7,12,14-15H,8-11H2,1-3H3. The van der Waals surface area contributed by atoms with Gasteiger partial charge < -0.3 is 9.64 Å². The normalized spacial score (nSPS) is 17.0. The van der Waals surface area contributed by atoms with Crippen molar-refractivity contribution in [1.29, 1.82) is 0 Å². The second-order valence-electron chi connectivity index (χ2n) is 6.35. The van der Waals surface area contributed by atoms with Crippen LogP contribution in [0.1, 0.15) is 25.3 Å². The third kappa shape index (κ3) is 3.73. The largest absolute Gasteiger partial charge is 0.381 e. The van der Waals surface area contributed by atoms with Crippen molar-refractivity contribution in [1.82, 2.24) is 9.88 Å². The molecule has 5 heteroatoms. The van der Waals surface area contributed by atoms with Crippen LogP contribution in [0.3, 0.4) is 0 Å². The Hall–Kier alpha value is -1.59. The smallest absolute Gasteiger partial charge is 0.235 e. The molecule has 128 valence electrons. The van der Waals surface area contributed by atoms with Gasteiger partial charge in [-0.2, -0.15) is 0 Å². The van der Waals surface area contributed by atoms with E-state index in [0.29, 0.717) is 6.04 Å². The maximum Gasteiger partial charge on any atom is 0.235 e. The number of hydrogen-bond donors (Lipinski definition) is 0. The molecule has 1 aliphatic rings. The first-order chi connectivity index (χ1) is 11.6. The maximum atomic E-state index is 12.7. The zero-order chi connectivity index (χ0) is 17.1. The predicted molar refractivity (Wildman–Crippen MR) is 98.4 cm³/mol. The highest BCUT2D eigenvalue weighted by Crippen LogP contribution is 2.28. The molecule has 1 aromatic carbocycles. The zero-order valence-electron chi connectivity index (χ0n) is 14.5. The summed E-state index contributed by atoms with van der Waals surface area (Å²) in [5, 5.41) is 1.93. The molecule has 2 heterocycles. The number of thioether (sulfide) groups is 1. The molecule has 1 atom stereocenters. The summed E-state index contributed by atoms with van der Waals surface area (Å²) in [4.78, 5) is 19.3. The summed E-state index contributed by atoms with van der Waals surface area (Å²) in [5.74, 6) is 0.166. The first-order valence-electron chi connectivity index (χ1n) is 8.43.